The number of alkyl halides is 3. The summed E-state index contributed by atoms with van der Waals surface area (Å²) in [6.45, 7) is 3.37. The molecule has 0 aliphatic carbocycles. The van der Waals surface area contributed by atoms with Gasteiger partial charge in [-0.2, -0.15) is 18.2 Å². The minimum absolute atomic E-state index is 0.00383. The van der Waals surface area contributed by atoms with Crippen LogP contribution in [-0.2, 0) is 10.9 Å². The first-order chi connectivity index (χ1) is 8.91. The van der Waals surface area contributed by atoms with E-state index in [1.54, 1.807) is 4.90 Å². The predicted molar refractivity (Wildman–Crippen MR) is 63.7 cm³/mol. The Balaban J connectivity index is 2.35. The average Bonchev–Trinajstić information content (AvgIpc) is 2.37. The van der Waals surface area contributed by atoms with Gasteiger partial charge in [0.25, 0.3) is 0 Å². The van der Waals surface area contributed by atoms with Gasteiger partial charge >= 0.3 is 6.18 Å². The number of ether oxygens (including phenoxy) is 1. The van der Waals surface area contributed by atoms with E-state index in [0.29, 0.717) is 19.8 Å². The second kappa shape index (κ2) is 5.20. The highest BCUT2D eigenvalue weighted by Gasteiger charge is 2.34. The summed E-state index contributed by atoms with van der Waals surface area (Å²) < 4.78 is 43.4. The summed E-state index contributed by atoms with van der Waals surface area (Å²) in [7, 11) is 0. The summed E-state index contributed by atoms with van der Waals surface area (Å²) in [5, 5.41) is 0. The SMILES string of the molecule is CCC1COCCN1c1cc(C(F)(F)F)nc(N)n1. The minimum Gasteiger partial charge on any atom is -0.377 e. The molecule has 106 valence electrons. The molecule has 2 rings (SSSR count). The average molecular weight is 276 g/mol. The minimum atomic E-state index is -4.53. The third kappa shape index (κ3) is 3.06. The Morgan fingerprint density at radius 3 is 2.84 bits per heavy atom. The number of hydrogen-bond donors (Lipinski definition) is 1. The number of morpholine rings is 1. The maximum atomic E-state index is 12.7. The molecule has 19 heavy (non-hydrogen) atoms. The summed E-state index contributed by atoms with van der Waals surface area (Å²) in [5.41, 5.74) is 4.35. The highest BCUT2D eigenvalue weighted by atomic mass is 19.4. The van der Waals surface area contributed by atoms with E-state index in [2.05, 4.69) is 9.97 Å². The van der Waals surface area contributed by atoms with Gasteiger partial charge in [0.05, 0.1) is 19.3 Å². The van der Waals surface area contributed by atoms with Crippen molar-refractivity contribution in [3.63, 3.8) is 0 Å². The monoisotopic (exact) mass is 276 g/mol. The molecule has 0 saturated carbocycles. The van der Waals surface area contributed by atoms with Crippen molar-refractivity contribution in [3.8, 4) is 0 Å². The molecule has 5 nitrogen and oxygen atoms in total. The van der Waals surface area contributed by atoms with Gasteiger partial charge in [-0.3, -0.25) is 0 Å². The van der Waals surface area contributed by atoms with E-state index < -0.39 is 11.9 Å². The van der Waals surface area contributed by atoms with Crippen LogP contribution >= 0.6 is 0 Å². The molecule has 0 amide bonds. The Hall–Kier alpha value is -1.57. The number of anilines is 2. The molecule has 1 aromatic heterocycles. The van der Waals surface area contributed by atoms with Gasteiger partial charge in [0.1, 0.15) is 5.82 Å². The Kier molecular flexibility index (Phi) is 3.79. The van der Waals surface area contributed by atoms with E-state index in [1.807, 2.05) is 6.92 Å². The summed E-state index contributed by atoms with van der Waals surface area (Å²) in [6, 6.07) is 0.939. The van der Waals surface area contributed by atoms with Gasteiger partial charge in [-0.1, -0.05) is 6.92 Å². The predicted octanol–water partition coefficient (Wildman–Crippen LogP) is 1.69. The molecule has 0 radical (unpaired) electrons. The molecule has 8 heteroatoms. The number of nitrogens with zero attached hydrogens (tertiary/aromatic N) is 3. The zero-order valence-electron chi connectivity index (χ0n) is 10.4. The number of nitrogen functional groups attached to an aromatic ring is 1. The van der Waals surface area contributed by atoms with Gasteiger partial charge in [-0.15, -0.1) is 0 Å². The summed E-state index contributed by atoms with van der Waals surface area (Å²) in [5.74, 6) is -0.166. The van der Waals surface area contributed by atoms with Crippen molar-refractivity contribution >= 4 is 11.8 Å². The van der Waals surface area contributed by atoms with Crippen LogP contribution in [-0.4, -0.2) is 35.8 Å². The lowest BCUT2D eigenvalue weighted by atomic mass is 10.1. The fourth-order valence-electron chi connectivity index (χ4n) is 2.04. The lowest BCUT2D eigenvalue weighted by molar-refractivity contribution is -0.141. The van der Waals surface area contributed by atoms with Gasteiger partial charge in [-0.25, -0.2) is 4.98 Å². The van der Waals surface area contributed by atoms with Crippen LogP contribution in [0.5, 0.6) is 0 Å². The van der Waals surface area contributed by atoms with Crippen molar-refractivity contribution in [2.45, 2.75) is 25.6 Å². The molecule has 1 fully saturated rings. The number of rotatable bonds is 2. The summed E-state index contributed by atoms with van der Waals surface area (Å²) in [4.78, 5) is 8.93. The zero-order chi connectivity index (χ0) is 14.0. The van der Waals surface area contributed by atoms with E-state index in [-0.39, 0.29) is 17.8 Å². The number of halogens is 3. The van der Waals surface area contributed by atoms with Gasteiger partial charge < -0.3 is 15.4 Å². The molecule has 1 aromatic rings. The summed E-state index contributed by atoms with van der Waals surface area (Å²) >= 11 is 0. The molecule has 0 aromatic carbocycles. The molecule has 1 atom stereocenters. The van der Waals surface area contributed by atoms with E-state index in [0.717, 1.165) is 12.5 Å². The first-order valence-electron chi connectivity index (χ1n) is 5.98. The smallest absolute Gasteiger partial charge is 0.377 e. The third-order valence-corrected chi connectivity index (χ3v) is 3.01. The molecular formula is C11H15F3N4O. The molecule has 1 aliphatic heterocycles. The topological polar surface area (TPSA) is 64.3 Å². The Morgan fingerprint density at radius 2 is 2.21 bits per heavy atom. The second-order valence-corrected chi connectivity index (χ2v) is 4.30. The van der Waals surface area contributed by atoms with Crippen molar-refractivity contribution in [1.29, 1.82) is 0 Å². The van der Waals surface area contributed by atoms with Crippen molar-refractivity contribution in [2.75, 3.05) is 30.4 Å². The molecular weight excluding hydrogens is 261 g/mol. The highest BCUT2D eigenvalue weighted by Crippen LogP contribution is 2.31. The molecule has 1 aliphatic rings. The molecule has 1 unspecified atom stereocenters. The Bertz CT molecular complexity index is 452. The van der Waals surface area contributed by atoms with Crippen LogP contribution in [0.15, 0.2) is 6.07 Å². The number of aromatic nitrogens is 2. The third-order valence-electron chi connectivity index (χ3n) is 3.01. The molecule has 0 bridgehead atoms. The van der Waals surface area contributed by atoms with E-state index >= 15 is 0 Å². The molecule has 0 spiro atoms. The summed E-state index contributed by atoms with van der Waals surface area (Å²) in [6.07, 6.45) is -3.77. The van der Waals surface area contributed by atoms with Crippen LogP contribution in [0.25, 0.3) is 0 Å². The van der Waals surface area contributed by atoms with E-state index in [9.17, 15) is 13.2 Å². The Labute approximate surface area is 108 Å². The van der Waals surface area contributed by atoms with Crippen molar-refractivity contribution < 1.29 is 17.9 Å². The van der Waals surface area contributed by atoms with Crippen LogP contribution < -0.4 is 10.6 Å². The van der Waals surface area contributed by atoms with Crippen LogP contribution in [0.2, 0.25) is 0 Å². The van der Waals surface area contributed by atoms with Crippen molar-refractivity contribution in [1.82, 2.24) is 9.97 Å². The van der Waals surface area contributed by atoms with Gasteiger partial charge in [0.2, 0.25) is 5.95 Å². The van der Waals surface area contributed by atoms with Crippen LogP contribution in [0.3, 0.4) is 0 Å². The van der Waals surface area contributed by atoms with Crippen molar-refractivity contribution in [2.24, 2.45) is 0 Å². The molecule has 2 N–H and O–H groups in total. The highest BCUT2D eigenvalue weighted by molar-refractivity contribution is 5.45. The van der Waals surface area contributed by atoms with Gasteiger partial charge in [0.15, 0.2) is 5.69 Å². The standard InChI is InChI=1S/C11H15F3N4O/c1-2-7-6-19-4-3-18(7)9-5-8(11(12,13)14)16-10(15)17-9/h5,7H,2-4,6H2,1H3,(H2,15,16,17). The maximum Gasteiger partial charge on any atom is 0.433 e. The first kappa shape index (κ1) is 13.9. The zero-order valence-corrected chi connectivity index (χ0v) is 10.4. The molecule has 1 saturated heterocycles. The normalized spacial score (nSPS) is 20.6. The fourth-order valence-corrected chi connectivity index (χ4v) is 2.04. The van der Waals surface area contributed by atoms with Gasteiger partial charge in [0, 0.05) is 12.6 Å². The van der Waals surface area contributed by atoms with E-state index in [4.69, 9.17) is 10.5 Å². The van der Waals surface area contributed by atoms with Crippen LogP contribution in [0.1, 0.15) is 19.0 Å². The number of nitrogens with two attached hydrogens (primary N) is 1. The first-order valence-corrected chi connectivity index (χ1v) is 5.98. The number of hydrogen-bond acceptors (Lipinski definition) is 5. The van der Waals surface area contributed by atoms with E-state index in [1.165, 1.54) is 0 Å². The van der Waals surface area contributed by atoms with Crippen LogP contribution in [0, 0.1) is 0 Å². The lowest BCUT2D eigenvalue weighted by Crippen LogP contribution is -2.45. The lowest BCUT2D eigenvalue weighted by Gasteiger charge is -2.36. The quantitative estimate of drug-likeness (QED) is 0.890. The fraction of sp³-hybridized carbons (Fsp3) is 0.636. The molecule has 2 heterocycles. The van der Waals surface area contributed by atoms with Crippen LogP contribution in [0.4, 0.5) is 24.9 Å². The largest absolute Gasteiger partial charge is 0.433 e. The Morgan fingerprint density at radius 1 is 1.47 bits per heavy atom. The maximum absolute atomic E-state index is 12.7. The van der Waals surface area contributed by atoms with Gasteiger partial charge in [-0.05, 0) is 6.42 Å². The second-order valence-electron chi connectivity index (χ2n) is 4.30. The van der Waals surface area contributed by atoms with Crippen molar-refractivity contribution in [3.05, 3.63) is 11.8 Å².